The van der Waals surface area contributed by atoms with Gasteiger partial charge in [0.2, 0.25) is 0 Å². The van der Waals surface area contributed by atoms with Gasteiger partial charge < -0.3 is 9.90 Å². The predicted octanol–water partition coefficient (Wildman–Crippen LogP) is -0.838. The van der Waals surface area contributed by atoms with E-state index in [1.165, 1.54) is 0 Å². The van der Waals surface area contributed by atoms with Crippen molar-refractivity contribution in [3.8, 4) is 0 Å². The number of hydrogen-bond donors (Lipinski definition) is 0. The molecule has 0 unspecified atom stereocenters. The van der Waals surface area contributed by atoms with Crippen LogP contribution in [0.5, 0.6) is 0 Å². The number of aliphatic carboxylic acids is 1. The van der Waals surface area contributed by atoms with Crippen molar-refractivity contribution in [2.75, 3.05) is 0 Å². The maximum Gasteiger partial charge on any atom is 1.00 e. The van der Waals surface area contributed by atoms with Gasteiger partial charge in [0.15, 0.2) is 0 Å². The Kier molecular flexibility index (Phi) is 7.68. The quantitative estimate of drug-likeness (QED) is 0.414. The third-order valence-electron chi connectivity index (χ3n) is 1.75. The maximum atomic E-state index is 10.2. The van der Waals surface area contributed by atoms with Crippen LogP contribution in [0.4, 0.5) is 0 Å². The van der Waals surface area contributed by atoms with Crippen LogP contribution in [-0.2, 0) is 4.79 Å². The van der Waals surface area contributed by atoms with Crippen molar-refractivity contribution in [3.63, 3.8) is 0 Å². The summed E-state index contributed by atoms with van der Waals surface area (Å²) in [5.41, 5.74) is 1.67. The predicted molar refractivity (Wildman–Crippen MR) is 61.9 cm³/mol. The molecular weight excluding hydrogens is 279 g/mol. The molecule has 4 heteroatoms. The van der Waals surface area contributed by atoms with Crippen molar-refractivity contribution in [2.24, 2.45) is 0 Å². The molecule has 0 aliphatic rings. The average Bonchev–Trinajstić information content (AvgIpc) is 2.16. The monoisotopic (exact) mass is 288 g/mol. The second-order valence-corrected chi connectivity index (χ2v) is 4.01. The summed E-state index contributed by atoms with van der Waals surface area (Å²) >= 11 is 3.34. The van der Waals surface area contributed by atoms with Crippen molar-refractivity contribution < 1.29 is 39.5 Å². The fourth-order valence-corrected chi connectivity index (χ4v) is 1.30. The number of allylic oxidation sites excluding steroid dienone is 2. The van der Waals surface area contributed by atoms with E-state index < -0.39 is 5.97 Å². The van der Waals surface area contributed by atoms with Crippen molar-refractivity contribution in [3.05, 3.63) is 52.0 Å². The third kappa shape index (κ3) is 6.28. The third-order valence-corrected chi connectivity index (χ3v) is 2.28. The molecule has 1 aromatic carbocycles. The van der Waals surface area contributed by atoms with Crippen LogP contribution in [0.1, 0.15) is 12.5 Å². The summed E-state index contributed by atoms with van der Waals surface area (Å²) in [7, 11) is 0. The number of rotatable bonds is 3. The molecule has 0 fully saturated rings. The Labute approximate surface area is 125 Å². The Morgan fingerprint density at radius 1 is 1.31 bits per heavy atom. The van der Waals surface area contributed by atoms with E-state index in [0.717, 1.165) is 16.1 Å². The number of hydrogen-bond acceptors (Lipinski definition) is 2. The largest absolute Gasteiger partial charge is 1.00 e. The molecule has 0 amide bonds. The van der Waals surface area contributed by atoms with Gasteiger partial charge in [-0.3, -0.25) is 0 Å². The van der Waals surface area contributed by atoms with Gasteiger partial charge in [-0.05, 0) is 36.3 Å². The summed E-state index contributed by atoms with van der Waals surface area (Å²) in [6.45, 7) is 1.71. The summed E-state index contributed by atoms with van der Waals surface area (Å²) in [4.78, 5) is 10.2. The number of carbonyl (C=O) groups is 1. The fraction of sp³-hybridized carbons (Fsp3) is 0.0833. The number of carbonyl (C=O) groups excluding carboxylic acids is 1. The number of benzene rings is 1. The minimum absolute atomic E-state index is 0. The molecule has 0 bridgehead atoms. The summed E-state index contributed by atoms with van der Waals surface area (Å²) in [6, 6.07) is 7.73. The number of halogens is 1. The molecule has 16 heavy (non-hydrogen) atoms. The van der Waals surface area contributed by atoms with Gasteiger partial charge in [0, 0.05) is 4.47 Å². The molecule has 78 valence electrons. The van der Waals surface area contributed by atoms with E-state index in [1.54, 1.807) is 13.0 Å². The zero-order chi connectivity index (χ0) is 11.3. The van der Waals surface area contributed by atoms with Crippen LogP contribution in [0, 0.1) is 0 Å². The van der Waals surface area contributed by atoms with E-state index >= 15 is 0 Å². The Bertz CT molecular complexity index is 408. The molecule has 0 saturated heterocycles. The van der Waals surface area contributed by atoms with Gasteiger partial charge in [0.05, 0.1) is 5.97 Å². The van der Waals surface area contributed by atoms with Crippen LogP contribution in [0.3, 0.4) is 0 Å². The van der Waals surface area contributed by atoms with E-state index in [9.17, 15) is 9.90 Å². The van der Waals surface area contributed by atoms with Gasteiger partial charge in [0.1, 0.15) is 0 Å². The molecular formula is C12H10BrNaO2. The summed E-state index contributed by atoms with van der Waals surface area (Å²) in [6.07, 6.45) is 4.65. The van der Waals surface area contributed by atoms with Gasteiger partial charge in [-0.2, -0.15) is 0 Å². The molecule has 2 nitrogen and oxygen atoms in total. The van der Waals surface area contributed by atoms with Crippen LogP contribution < -0.4 is 34.7 Å². The van der Waals surface area contributed by atoms with Crippen LogP contribution in [0.2, 0.25) is 0 Å². The minimum atomic E-state index is -1.17. The number of carboxylic acids is 1. The molecule has 0 saturated carbocycles. The smallest absolute Gasteiger partial charge is 0.545 e. The zero-order valence-corrected chi connectivity index (χ0v) is 12.8. The van der Waals surface area contributed by atoms with E-state index in [-0.39, 0.29) is 29.6 Å². The van der Waals surface area contributed by atoms with E-state index in [2.05, 4.69) is 15.9 Å². The van der Waals surface area contributed by atoms with Gasteiger partial charge in [-0.25, -0.2) is 0 Å². The van der Waals surface area contributed by atoms with Crippen molar-refractivity contribution in [1.29, 1.82) is 0 Å². The molecule has 0 atom stereocenters. The Balaban J connectivity index is 0.00000225. The van der Waals surface area contributed by atoms with Crippen molar-refractivity contribution >= 4 is 28.0 Å². The molecule has 0 aliphatic carbocycles. The second kappa shape index (κ2) is 7.85. The van der Waals surface area contributed by atoms with E-state index in [0.29, 0.717) is 5.57 Å². The van der Waals surface area contributed by atoms with Crippen molar-refractivity contribution in [2.45, 2.75) is 6.92 Å². The molecule has 0 aliphatic heterocycles. The van der Waals surface area contributed by atoms with Gasteiger partial charge in [0.25, 0.3) is 0 Å². The molecule has 0 aromatic heterocycles. The first-order valence-electron chi connectivity index (χ1n) is 4.41. The first kappa shape index (κ1) is 15.7. The van der Waals surface area contributed by atoms with Crippen LogP contribution in [0.25, 0.3) is 6.08 Å². The molecule has 1 rings (SSSR count). The normalized spacial score (nSPS) is 11.2. The first-order chi connectivity index (χ1) is 7.08. The van der Waals surface area contributed by atoms with Gasteiger partial charge >= 0.3 is 29.6 Å². The van der Waals surface area contributed by atoms with E-state index in [4.69, 9.17) is 0 Å². The Morgan fingerprint density at radius 2 is 1.88 bits per heavy atom. The molecule has 0 N–H and O–H groups in total. The maximum absolute atomic E-state index is 10.2. The van der Waals surface area contributed by atoms with Crippen LogP contribution in [0.15, 0.2) is 46.5 Å². The minimum Gasteiger partial charge on any atom is -0.545 e. The molecule has 0 radical (unpaired) electrons. The van der Waals surface area contributed by atoms with Crippen LogP contribution >= 0.6 is 15.9 Å². The van der Waals surface area contributed by atoms with Crippen LogP contribution in [-0.4, -0.2) is 5.97 Å². The fourth-order valence-electron chi connectivity index (χ4n) is 1.04. The summed E-state index contributed by atoms with van der Waals surface area (Å²) in [5, 5.41) is 10.2. The number of carboxylic acid groups (broad SMARTS) is 1. The average molecular weight is 289 g/mol. The summed E-state index contributed by atoms with van der Waals surface area (Å²) in [5.74, 6) is -1.17. The summed E-state index contributed by atoms with van der Waals surface area (Å²) < 4.78 is 1.02. The Morgan fingerprint density at radius 3 is 2.38 bits per heavy atom. The SMILES string of the molecule is CC(/C=C/c1ccc(Br)cc1)=C\C(=O)[O-].[Na+]. The molecule has 0 spiro atoms. The van der Waals surface area contributed by atoms with E-state index in [1.807, 2.05) is 30.3 Å². The Hall–Kier alpha value is -0.350. The topological polar surface area (TPSA) is 40.1 Å². The first-order valence-corrected chi connectivity index (χ1v) is 5.20. The standard InChI is InChI=1S/C12H11BrO2.Na/c1-9(8-12(14)15)2-3-10-4-6-11(13)7-5-10;/h2-8H,1H3,(H,14,15);/q;+1/p-1/b3-2+,9-8+;. The molecule has 1 aromatic rings. The van der Waals surface area contributed by atoms with Gasteiger partial charge in [-0.15, -0.1) is 0 Å². The van der Waals surface area contributed by atoms with Gasteiger partial charge in [-0.1, -0.05) is 40.2 Å². The molecule has 0 heterocycles. The second-order valence-electron chi connectivity index (χ2n) is 3.09. The van der Waals surface area contributed by atoms with Crippen molar-refractivity contribution in [1.82, 2.24) is 0 Å². The zero-order valence-electron chi connectivity index (χ0n) is 9.24.